The number of anilines is 1. The van der Waals surface area contributed by atoms with Crippen LogP contribution in [0.3, 0.4) is 0 Å². The van der Waals surface area contributed by atoms with Crippen LogP contribution < -0.4 is 10.6 Å². The number of carbonyl (C=O) groups excluding carboxylic acids is 3. The number of amides is 3. The largest absolute Gasteiger partial charge is 0.465 e. The first-order chi connectivity index (χ1) is 16.0. The number of likely N-dealkylation sites (N-methyl/N-ethyl adjacent to an activating group) is 1. The summed E-state index contributed by atoms with van der Waals surface area (Å²) in [4.78, 5) is 37.9. The van der Waals surface area contributed by atoms with E-state index in [2.05, 4.69) is 15.7 Å². The summed E-state index contributed by atoms with van der Waals surface area (Å²) >= 11 is 0. The number of esters is 1. The minimum Gasteiger partial charge on any atom is -0.465 e. The lowest BCUT2D eigenvalue weighted by Gasteiger charge is -2.20. The molecule has 0 aliphatic rings. The quantitative estimate of drug-likeness (QED) is 0.489. The number of carbonyl (C=O) groups is 3. The molecule has 2 aromatic carbocycles. The van der Waals surface area contributed by atoms with Gasteiger partial charge in [-0.1, -0.05) is 48.5 Å². The van der Waals surface area contributed by atoms with Crippen LogP contribution in [0.2, 0.25) is 0 Å². The van der Waals surface area contributed by atoms with Crippen molar-refractivity contribution in [3.8, 4) is 16.9 Å². The van der Waals surface area contributed by atoms with Gasteiger partial charge in [0.05, 0.1) is 18.0 Å². The second-order valence-corrected chi connectivity index (χ2v) is 7.05. The van der Waals surface area contributed by atoms with Gasteiger partial charge in [0, 0.05) is 18.2 Å². The maximum absolute atomic E-state index is 12.8. The molecule has 172 valence electrons. The smallest absolute Gasteiger partial charge is 0.325 e. The van der Waals surface area contributed by atoms with Gasteiger partial charge in [-0.05, 0) is 26.0 Å². The summed E-state index contributed by atoms with van der Waals surface area (Å²) in [6.45, 7) is 3.51. The lowest BCUT2D eigenvalue weighted by atomic mass is 10.1. The van der Waals surface area contributed by atoms with Crippen LogP contribution in [0.1, 0.15) is 13.8 Å². The molecule has 0 aliphatic heterocycles. The highest BCUT2D eigenvalue weighted by Gasteiger charge is 2.19. The number of nitrogens with zero attached hydrogens (tertiary/aromatic N) is 3. The first-order valence-electron chi connectivity index (χ1n) is 10.7. The number of ether oxygens (including phenoxy) is 1. The molecule has 1 aromatic heterocycles. The van der Waals surface area contributed by atoms with Crippen molar-refractivity contribution in [2.75, 3.05) is 31.6 Å². The van der Waals surface area contributed by atoms with Gasteiger partial charge < -0.3 is 20.3 Å². The molecule has 0 saturated carbocycles. The predicted octanol–water partition coefficient (Wildman–Crippen LogP) is 3.07. The van der Waals surface area contributed by atoms with Crippen LogP contribution in [0, 0.1) is 0 Å². The van der Waals surface area contributed by atoms with Crippen molar-refractivity contribution in [1.29, 1.82) is 0 Å². The summed E-state index contributed by atoms with van der Waals surface area (Å²) in [6, 6.07) is 20.4. The van der Waals surface area contributed by atoms with Crippen molar-refractivity contribution in [3.63, 3.8) is 0 Å². The molecule has 0 aliphatic carbocycles. The van der Waals surface area contributed by atoms with Gasteiger partial charge in [-0.15, -0.1) is 0 Å². The highest BCUT2D eigenvalue weighted by Crippen LogP contribution is 2.24. The van der Waals surface area contributed by atoms with Gasteiger partial charge in [0.2, 0.25) is 5.91 Å². The molecule has 0 saturated heterocycles. The van der Waals surface area contributed by atoms with Crippen molar-refractivity contribution in [3.05, 3.63) is 66.7 Å². The fourth-order valence-electron chi connectivity index (χ4n) is 3.14. The molecule has 9 nitrogen and oxygen atoms in total. The highest BCUT2D eigenvalue weighted by molar-refractivity contribution is 5.94. The van der Waals surface area contributed by atoms with Gasteiger partial charge in [0.25, 0.3) is 0 Å². The first kappa shape index (κ1) is 23.5. The topological polar surface area (TPSA) is 106 Å². The molecule has 0 spiro atoms. The van der Waals surface area contributed by atoms with E-state index in [0.29, 0.717) is 11.5 Å². The molecule has 0 radical (unpaired) electrons. The molecule has 2 N–H and O–H groups in total. The molecule has 3 rings (SSSR count). The summed E-state index contributed by atoms with van der Waals surface area (Å²) in [5.41, 5.74) is 2.40. The second kappa shape index (κ2) is 11.5. The standard InChI is InChI=1S/C24H27N5O4/c1-3-28(24(32)25-16-23(31)33-4-2)17-22(30)26-21-15-20(18-11-7-5-8-12-18)27-29(21)19-13-9-6-10-14-19/h5-15H,3-4,16-17H2,1-2H3,(H,25,32)(H,26,30). The Labute approximate surface area is 192 Å². The van der Waals surface area contributed by atoms with Gasteiger partial charge >= 0.3 is 12.0 Å². The third-order valence-corrected chi connectivity index (χ3v) is 4.74. The molecule has 0 atom stereocenters. The van der Waals surface area contributed by atoms with E-state index in [4.69, 9.17) is 4.74 Å². The third-order valence-electron chi connectivity index (χ3n) is 4.74. The fourth-order valence-corrected chi connectivity index (χ4v) is 3.14. The number of rotatable bonds is 9. The van der Waals surface area contributed by atoms with Gasteiger partial charge in [0.1, 0.15) is 18.9 Å². The number of benzene rings is 2. The lowest BCUT2D eigenvalue weighted by molar-refractivity contribution is -0.141. The Kier molecular flexibility index (Phi) is 8.18. The molecule has 0 fully saturated rings. The SMILES string of the molecule is CCOC(=O)CNC(=O)N(CC)CC(=O)Nc1cc(-c2ccccc2)nn1-c1ccccc1. The van der Waals surface area contributed by atoms with Gasteiger partial charge in [-0.3, -0.25) is 9.59 Å². The first-order valence-corrected chi connectivity index (χ1v) is 10.7. The number of hydrogen-bond acceptors (Lipinski definition) is 5. The van der Waals surface area contributed by atoms with Crippen molar-refractivity contribution in [1.82, 2.24) is 20.0 Å². The number of nitrogens with one attached hydrogen (secondary N) is 2. The van der Waals surface area contributed by atoms with E-state index in [1.807, 2.05) is 60.7 Å². The zero-order chi connectivity index (χ0) is 23.6. The molecular formula is C24H27N5O4. The van der Waals surface area contributed by atoms with Crippen LogP contribution in [0.25, 0.3) is 16.9 Å². The predicted molar refractivity (Wildman–Crippen MR) is 125 cm³/mol. The number of urea groups is 1. The minimum atomic E-state index is -0.536. The third kappa shape index (κ3) is 6.42. The Hall–Kier alpha value is -4.14. The molecule has 0 bridgehead atoms. The number of hydrogen-bond donors (Lipinski definition) is 2. The van der Waals surface area contributed by atoms with E-state index < -0.39 is 12.0 Å². The van der Waals surface area contributed by atoms with Crippen molar-refractivity contribution in [2.45, 2.75) is 13.8 Å². The van der Waals surface area contributed by atoms with E-state index in [1.165, 1.54) is 4.90 Å². The van der Waals surface area contributed by atoms with E-state index in [0.717, 1.165) is 11.3 Å². The fraction of sp³-hybridized carbons (Fsp3) is 0.250. The van der Waals surface area contributed by atoms with Crippen LogP contribution >= 0.6 is 0 Å². The monoisotopic (exact) mass is 449 g/mol. The summed E-state index contributed by atoms with van der Waals surface area (Å²) in [5, 5.41) is 9.98. The molecule has 3 aromatic rings. The van der Waals surface area contributed by atoms with Crippen LogP contribution in [0.5, 0.6) is 0 Å². The average Bonchev–Trinajstić information content (AvgIpc) is 3.26. The molecule has 3 amide bonds. The summed E-state index contributed by atoms with van der Waals surface area (Å²) in [7, 11) is 0. The van der Waals surface area contributed by atoms with Gasteiger partial charge in [-0.25, -0.2) is 9.48 Å². The van der Waals surface area contributed by atoms with Crippen LogP contribution in [0.15, 0.2) is 66.7 Å². The van der Waals surface area contributed by atoms with E-state index in [1.54, 1.807) is 24.6 Å². The number of para-hydroxylation sites is 1. The summed E-state index contributed by atoms with van der Waals surface area (Å²) in [5.74, 6) is -0.445. The Morgan fingerprint density at radius 1 is 1.00 bits per heavy atom. The zero-order valence-electron chi connectivity index (χ0n) is 18.7. The Morgan fingerprint density at radius 2 is 1.67 bits per heavy atom. The normalized spacial score (nSPS) is 10.4. The minimum absolute atomic E-state index is 0.189. The molecule has 1 heterocycles. The van der Waals surface area contributed by atoms with E-state index >= 15 is 0 Å². The van der Waals surface area contributed by atoms with Crippen molar-refractivity contribution >= 4 is 23.7 Å². The summed E-state index contributed by atoms with van der Waals surface area (Å²) in [6.07, 6.45) is 0. The Balaban J connectivity index is 1.74. The lowest BCUT2D eigenvalue weighted by Crippen LogP contribution is -2.45. The van der Waals surface area contributed by atoms with E-state index in [9.17, 15) is 14.4 Å². The Bertz CT molecular complexity index is 1080. The molecule has 9 heteroatoms. The zero-order valence-corrected chi connectivity index (χ0v) is 18.7. The Morgan fingerprint density at radius 3 is 2.30 bits per heavy atom. The van der Waals surface area contributed by atoms with Crippen LogP contribution in [0.4, 0.5) is 10.6 Å². The molecular weight excluding hydrogens is 422 g/mol. The second-order valence-electron chi connectivity index (χ2n) is 7.05. The maximum Gasteiger partial charge on any atom is 0.325 e. The number of aromatic nitrogens is 2. The van der Waals surface area contributed by atoms with Crippen LogP contribution in [-0.2, 0) is 14.3 Å². The van der Waals surface area contributed by atoms with Crippen molar-refractivity contribution in [2.24, 2.45) is 0 Å². The van der Waals surface area contributed by atoms with Crippen LogP contribution in [-0.4, -0.2) is 58.8 Å². The molecule has 0 unspecified atom stereocenters. The highest BCUT2D eigenvalue weighted by atomic mass is 16.5. The summed E-state index contributed by atoms with van der Waals surface area (Å²) < 4.78 is 6.45. The average molecular weight is 450 g/mol. The van der Waals surface area contributed by atoms with E-state index in [-0.39, 0.29) is 32.1 Å². The maximum atomic E-state index is 12.8. The van der Waals surface area contributed by atoms with Crippen molar-refractivity contribution < 1.29 is 19.1 Å². The van der Waals surface area contributed by atoms with Gasteiger partial charge in [0.15, 0.2) is 0 Å². The molecule has 33 heavy (non-hydrogen) atoms. The van der Waals surface area contributed by atoms with Gasteiger partial charge in [-0.2, -0.15) is 5.10 Å².